The van der Waals surface area contributed by atoms with Crippen molar-refractivity contribution in [3.05, 3.63) is 47.8 Å². The summed E-state index contributed by atoms with van der Waals surface area (Å²) in [5.41, 5.74) is 1.84. The molecule has 0 saturated heterocycles. The van der Waals surface area contributed by atoms with Crippen LogP contribution in [0.5, 0.6) is 5.75 Å². The first-order valence-corrected chi connectivity index (χ1v) is 6.87. The van der Waals surface area contributed by atoms with Gasteiger partial charge in [-0.3, -0.25) is 0 Å². The van der Waals surface area contributed by atoms with Gasteiger partial charge in [-0.05, 0) is 29.3 Å². The number of imidazole rings is 1. The van der Waals surface area contributed by atoms with Crippen molar-refractivity contribution in [1.29, 1.82) is 0 Å². The normalized spacial score (nSPS) is 10.8. The highest BCUT2D eigenvalue weighted by Gasteiger charge is 2.05. The number of carboxylic acid groups (broad SMARTS) is 1. The third-order valence-corrected chi connectivity index (χ3v) is 3.55. The minimum atomic E-state index is -0.967. The fourth-order valence-electron chi connectivity index (χ4n) is 1.63. The van der Waals surface area contributed by atoms with Crippen LogP contribution in [0, 0.1) is 0 Å². The number of nitrogens with one attached hydrogen (secondary N) is 1. The lowest BCUT2D eigenvalue weighted by Gasteiger charge is -2.08. The molecule has 1 heterocycles. The number of aliphatic carboxylic acids is 1. The maximum absolute atomic E-state index is 10.6. The molecule has 104 valence electrons. The molecule has 0 unspecified atom stereocenters. The number of aromatic nitrogens is 2. The number of hydrogen-bond acceptors (Lipinski definition) is 4. The first kappa shape index (κ1) is 14.2. The van der Waals surface area contributed by atoms with Gasteiger partial charge < -0.3 is 14.8 Å². The molecule has 0 radical (unpaired) electrons. The molecule has 0 spiro atoms. The zero-order chi connectivity index (χ0) is 14.4. The molecule has 0 aliphatic heterocycles. The molecule has 2 rings (SSSR count). The van der Waals surface area contributed by atoms with Crippen LogP contribution in [0.2, 0.25) is 0 Å². The molecule has 0 amide bonds. The van der Waals surface area contributed by atoms with E-state index in [1.807, 2.05) is 18.2 Å². The van der Waals surface area contributed by atoms with E-state index in [1.165, 1.54) is 0 Å². The van der Waals surface area contributed by atoms with Gasteiger partial charge in [-0.1, -0.05) is 17.8 Å². The van der Waals surface area contributed by atoms with E-state index >= 15 is 0 Å². The average Bonchev–Trinajstić information content (AvgIpc) is 2.96. The Morgan fingerprint density at radius 3 is 3.05 bits per heavy atom. The van der Waals surface area contributed by atoms with Gasteiger partial charge in [-0.25, -0.2) is 9.78 Å². The summed E-state index contributed by atoms with van der Waals surface area (Å²) in [6, 6.07) is 5.55. The van der Waals surface area contributed by atoms with Crippen LogP contribution in [-0.4, -0.2) is 28.2 Å². The predicted octanol–water partition coefficient (Wildman–Crippen LogP) is 2.81. The molecule has 1 aromatic carbocycles. The van der Waals surface area contributed by atoms with Gasteiger partial charge in [-0.15, -0.1) is 0 Å². The molecule has 2 N–H and O–H groups in total. The maximum Gasteiger partial charge on any atom is 0.328 e. The standard InChI is InChI=1S/C14H14N2O3S/c1-19-12-4-2-10(3-5-13(17)18)11(8-12)9-20-14-15-6-7-16-14/h2-8H,9H2,1H3,(H,15,16)(H,17,18)/b5-3+. The van der Waals surface area contributed by atoms with Crippen LogP contribution in [0.15, 0.2) is 41.8 Å². The molecule has 0 aliphatic rings. The van der Waals surface area contributed by atoms with Gasteiger partial charge in [-0.2, -0.15) is 0 Å². The van der Waals surface area contributed by atoms with E-state index in [4.69, 9.17) is 9.84 Å². The van der Waals surface area contributed by atoms with E-state index in [-0.39, 0.29) is 0 Å². The number of hydrogen-bond donors (Lipinski definition) is 2. The number of carboxylic acids is 1. The molecule has 20 heavy (non-hydrogen) atoms. The minimum absolute atomic E-state index is 0.671. The quantitative estimate of drug-likeness (QED) is 0.632. The number of H-pyrrole nitrogens is 1. The van der Waals surface area contributed by atoms with Gasteiger partial charge in [0.1, 0.15) is 5.75 Å². The van der Waals surface area contributed by atoms with Gasteiger partial charge in [0.05, 0.1) is 7.11 Å². The molecule has 2 aromatic rings. The second kappa shape index (κ2) is 6.81. The lowest BCUT2D eigenvalue weighted by atomic mass is 10.1. The Morgan fingerprint density at radius 1 is 1.55 bits per heavy atom. The van der Waals surface area contributed by atoms with Crippen LogP contribution in [-0.2, 0) is 10.5 Å². The predicted molar refractivity (Wildman–Crippen MR) is 77.8 cm³/mol. The van der Waals surface area contributed by atoms with E-state index in [0.29, 0.717) is 5.75 Å². The van der Waals surface area contributed by atoms with E-state index < -0.39 is 5.97 Å². The fraction of sp³-hybridized carbons (Fsp3) is 0.143. The Bertz CT molecular complexity index is 609. The topological polar surface area (TPSA) is 75.2 Å². The van der Waals surface area contributed by atoms with Crippen molar-refractivity contribution in [3.63, 3.8) is 0 Å². The fourth-order valence-corrected chi connectivity index (χ4v) is 2.46. The first-order valence-electron chi connectivity index (χ1n) is 5.89. The molecule has 0 aliphatic carbocycles. The summed E-state index contributed by atoms with van der Waals surface area (Å²) in [6.45, 7) is 0. The van der Waals surface area contributed by atoms with Gasteiger partial charge >= 0.3 is 5.97 Å². The van der Waals surface area contributed by atoms with Gasteiger partial charge in [0.2, 0.25) is 0 Å². The minimum Gasteiger partial charge on any atom is -0.497 e. The van der Waals surface area contributed by atoms with Crippen LogP contribution in [0.3, 0.4) is 0 Å². The maximum atomic E-state index is 10.6. The van der Waals surface area contributed by atoms with Crippen molar-refractivity contribution in [1.82, 2.24) is 9.97 Å². The van der Waals surface area contributed by atoms with E-state index in [2.05, 4.69) is 9.97 Å². The molecule has 0 fully saturated rings. The van der Waals surface area contributed by atoms with Gasteiger partial charge in [0.25, 0.3) is 0 Å². The highest BCUT2D eigenvalue weighted by Crippen LogP contribution is 2.25. The monoisotopic (exact) mass is 290 g/mol. The lowest BCUT2D eigenvalue weighted by Crippen LogP contribution is -1.92. The summed E-state index contributed by atoms with van der Waals surface area (Å²) in [5.74, 6) is 0.447. The van der Waals surface area contributed by atoms with Crippen molar-refractivity contribution < 1.29 is 14.6 Å². The Balaban J connectivity index is 2.20. The number of thioether (sulfide) groups is 1. The zero-order valence-electron chi connectivity index (χ0n) is 10.9. The summed E-state index contributed by atoms with van der Waals surface area (Å²) in [5, 5.41) is 9.54. The Kier molecular flexibility index (Phi) is 4.84. The summed E-state index contributed by atoms with van der Waals surface area (Å²) >= 11 is 1.54. The summed E-state index contributed by atoms with van der Waals surface area (Å²) in [7, 11) is 1.60. The molecular formula is C14H14N2O3S. The molecule has 0 bridgehead atoms. The van der Waals surface area contributed by atoms with Crippen LogP contribution < -0.4 is 4.74 Å². The van der Waals surface area contributed by atoms with E-state index in [0.717, 1.165) is 28.1 Å². The number of ether oxygens (including phenoxy) is 1. The van der Waals surface area contributed by atoms with Crippen LogP contribution in [0.25, 0.3) is 6.08 Å². The van der Waals surface area contributed by atoms with Gasteiger partial charge in [0, 0.05) is 24.2 Å². The smallest absolute Gasteiger partial charge is 0.328 e. The summed E-state index contributed by atoms with van der Waals surface area (Å²) < 4.78 is 5.20. The largest absolute Gasteiger partial charge is 0.497 e. The number of aromatic amines is 1. The summed E-state index contributed by atoms with van der Waals surface area (Å²) in [6.07, 6.45) is 6.17. The Morgan fingerprint density at radius 2 is 2.40 bits per heavy atom. The number of carbonyl (C=O) groups is 1. The molecule has 1 aromatic heterocycles. The van der Waals surface area contributed by atoms with Crippen molar-refractivity contribution in [3.8, 4) is 5.75 Å². The lowest BCUT2D eigenvalue weighted by molar-refractivity contribution is -0.131. The van der Waals surface area contributed by atoms with E-state index in [9.17, 15) is 4.79 Å². The third kappa shape index (κ3) is 3.89. The highest BCUT2D eigenvalue weighted by atomic mass is 32.2. The second-order valence-corrected chi connectivity index (χ2v) is 4.88. The third-order valence-electron chi connectivity index (χ3n) is 2.59. The average molecular weight is 290 g/mol. The number of methoxy groups -OCH3 is 1. The SMILES string of the molecule is COc1ccc(/C=C/C(=O)O)c(CSc2ncc[nH]2)c1. The van der Waals surface area contributed by atoms with Crippen LogP contribution in [0.4, 0.5) is 0 Å². The molecule has 0 saturated carbocycles. The van der Waals surface area contributed by atoms with Gasteiger partial charge in [0.15, 0.2) is 5.16 Å². The summed E-state index contributed by atoms with van der Waals surface area (Å²) in [4.78, 5) is 17.8. The Labute approximate surface area is 120 Å². The van der Waals surface area contributed by atoms with Crippen molar-refractivity contribution >= 4 is 23.8 Å². The van der Waals surface area contributed by atoms with Crippen LogP contribution >= 0.6 is 11.8 Å². The van der Waals surface area contributed by atoms with Crippen molar-refractivity contribution in [2.24, 2.45) is 0 Å². The number of rotatable bonds is 6. The van der Waals surface area contributed by atoms with Crippen molar-refractivity contribution in [2.75, 3.05) is 7.11 Å². The first-order chi connectivity index (χ1) is 9.69. The Hall–Kier alpha value is -2.21. The zero-order valence-corrected chi connectivity index (χ0v) is 11.7. The second-order valence-electron chi connectivity index (χ2n) is 3.92. The van der Waals surface area contributed by atoms with Crippen molar-refractivity contribution in [2.45, 2.75) is 10.9 Å². The molecule has 0 atom stereocenters. The molecule has 5 nitrogen and oxygen atoms in total. The highest BCUT2D eigenvalue weighted by molar-refractivity contribution is 7.98. The van der Waals surface area contributed by atoms with Crippen LogP contribution in [0.1, 0.15) is 11.1 Å². The molecular weight excluding hydrogens is 276 g/mol. The number of benzene rings is 1. The van der Waals surface area contributed by atoms with E-state index in [1.54, 1.807) is 37.3 Å². The molecule has 6 heteroatoms. The number of nitrogens with zero attached hydrogens (tertiary/aromatic N) is 1.